The quantitative estimate of drug-likeness (QED) is 0.466. The maximum atomic E-state index is 12.2. The molecule has 2 aromatic rings. The minimum Gasteiger partial charge on any atom is -0.374 e. The van der Waals surface area contributed by atoms with Crippen molar-refractivity contribution in [3.8, 4) is 0 Å². The minimum atomic E-state index is -4.39. The van der Waals surface area contributed by atoms with Gasteiger partial charge < -0.3 is 5.73 Å². The maximum Gasteiger partial charge on any atom is 0.295 e. The van der Waals surface area contributed by atoms with Crippen LogP contribution in [0.5, 0.6) is 0 Å². The van der Waals surface area contributed by atoms with Crippen molar-refractivity contribution in [2.24, 2.45) is 21.1 Å². The van der Waals surface area contributed by atoms with Crippen molar-refractivity contribution in [1.82, 2.24) is 5.01 Å². The van der Waals surface area contributed by atoms with E-state index in [0.717, 1.165) is 5.01 Å². The number of fused-ring (bicyclic) bond motifs is 1. The Balaban J connectivity index is 2.03. The molecule has 1 aliphatic rings. The van der Waals surface area contributed by atoms with E-state index >= 15 is 0 Å². The lowest BCUT2D eigenvalue weighted by Gasteiger charge is -2.09. The molecule has 0 aliphatic carbocycles. The van der Waals surface area contributed by atoms with Crippen molar-refractivity contribution in [2.45, 2.75) is 17.9 Å². The molecule has 2 aromatic carbocycles. The molecule has 3 rings (SSSR count). The summed E-state index contributed by atoms with van der Waals surface area (Å²) in [6.07, 6.45) is 0. The van der Waals surface area contributed by atoms with Gasteiger partial charge in [0, 0.05) is 10.8 Å². The Morgan fingerprint density at radius 2 is 1.92 bits per heavy atom. The summed E-state index contributed by atoms with van der Waals surface area (Å²) < 4.78 is 32.4. The fraction of sp³-hybridized carbons (Fsp3) is 0.133. The van der Waals surface area contributed by atoms with Crippen molar-refractivity contribution in [1.29, 1.82) is 0 Å². The number of hydrazone groups is 1. The maximum absolute atomic E-state index is 12.2. The number of nitrogens with zero attached hydrogens (tertiary/aromatic N) is 4. The van der Waals surface area contributed by atoms with Crippen LogP contribution in [0.4, 0.5) is 5.69 Å². The Morgan fingerprint density at radius 1 is 1.27 bits per heavy atom. The van der Waals surface area contributed by atoms with Gasteiger partial charge in [0.15, 0.2) is 11.2 Å². The van der Waals surface area contributed by atoms with E-state index in [4.69, 9.17) is 18.0 Å². The van der Waals surface area contributed by atoms with Crippen molar-refractivity contribution < 1.29 is 17.8 Å². The van der Waals surface area contributed by atoms with E-state index in [0.29, 0.717) is 22.2 Å². The zero-order valence-electron chi connectivity index (χ0n) is 13.4. The van der Waals surface area contributed by atoms with Gasteiger partial charge in [-0.05, 0) is 31.3 Å². The molecule has 0 aromatic heterocycles. The summed E-state index contributed by atoms with van der Waals surface area (Å²) in [5.41, 5.74) is 6.14. The molecule has 0 fully saturated rings. The predicted octanol–water partition coefficient (Wildman–Crippen LogP) is 2.00. The third-order valence-electron chi connectivity index (χ3n) is 3.72. The van der Waals surface area contributed by atoms with Crippen LogP contribution in [0, 0.1) is 0 Å². The molecule has 134 valence electrons. The highest BCUT2D eigenvalue weighted by atomic mass is 32.2. The molecular weight excluding hydrogens is 378 g/mol. The first-order valence-corrected chi connectivity index (χ1v) is 9.13. The van der Waals surface area contributed by atoms with Gasteiger partial charge in [0.05, 0.1) is 11.4 Å². The largest absolute Gasteiger partial charge is 0.374 e. The highest BCUT2D eigenvalue weighted by Gasteiger charge is 2.35. The van der Waals surface area contributed by atoms with E-state index < -0.39 is 22.1 Å². The van der Waals surface area contributed by atoms with Crippen molar-refractivity contribution in [3.63, 3.8) is 0 Å². The molecule has 1 heterocycles. The molecule has 3 N–H and O–H groups in total. The van der Waals surface area contributed by atoms with Crippen LogP contribution in [0.1, 0.15) is 6.92 Å². The number of thiocarbonyl (C=S) groups is 1. The van der Waals surface area contributed by atoms with Crippen molar-refractivity contribution in [2.75, 3.05) is 0 Å². The summed E-state index contributed by atoms with van der Waals surface area (Å²) in [7, 11) is -4.39. The molecule has 1 amide bonds. The second kappa shape index (κ2) is 6.52. The van der Waals surface area contributed by atoms with Crippen LogP contribution in [-0.4, -0.2) is 40.8 Å². The minimum absolute atomic E-state index is 0.185. The molecule has 0 saturated heterocycles. The molecular formula is C15H13N5O4S2. The van der Waals surface area contributed by atoms with Gasteiger partial charge in [-0.1, -0.05) is 24.3 Å². The summed E-state index contributed by atoms with van der Waals surface area (Å²) >= 11 is 4.75. The van der Waals surface area contributed by atoms with Crippen LogP contribution in [0.3, 0.4) is 0 Å². The molecule has 0 unspecified atom stereocenters. The highest BCUT2D eigenvalue weighted by molar-refractivity contribution is 7.86. The number of benzene rings is 2. The first-order chi connectivity index (χ1) is 12.2. The van der Waals surface area contributed by atoms with Gasteiger partial charge in [-0.15, -0.1) is 0 Å². The van der Waals surface area contributed by atoms with E-state index in [2.05, 4.69) is 15.3 Å². The summed E-state index contributed by atoms with van der Waals surface area (Å²) in [6.45, 7) is 1.60. The van der Waals surface area contributed by atoms with Crippen LogP contribution < -0.4 is 5.73 Å². The Kier molecular flexibility index (Phi) is 4.52. The van der Waals surface area contributed by atoms with E-state index in [1.807, 2.05) is 0 Å². The molecule has 1 atom stereocenters. The topological polar surface area (TPSA) is 138 Å². The molecule has 26 heavy (non-hydrogen) atoms. The number of azo groups is 1. The SMILES string of the molecule is CC1=NN(C(N)=S)C(=O)[C@H]1N=Nc1ccc(S(=O)(=O)O)c2ccccc12. The number of nitrogens with two attached hydrogens (primary N) is 1. The number of rotatable bonds is 3. The van der Waals surface area contributed by atoms with E-state index in [-0.39, 0.29) is 10.0 Å². The average molecular weight is 391 g/mol. The highest BCUT2D eigenvalue weighted by Crippen LogP contribution is 2.31. The van der Waals surface area contributed by atoms with Crippen LogP contribution in [-0.2, 0) is 14.9 Å². The van der Waals surface area contributed by atoms with E-state index in [1.54, 1.807) is 31.2 Å². The Labute approximate surface area is 153 Å². The van der Waals surface area contributed by atoms with Gasteiger partial charge in [-0.3, -0.25) is 9.35 Å². The number of hydrogen-bond acceptors (Lipinski definition) is 7. The molecule has 11 heteroatoms. The fourth-order valence-corrected chi connectivity index (χ4v) is 3.36. The average Bonchev–Trinajstić information content (AvgIpc) is 2.86. The summed E-state index contributed by atoms with van der Waals surface area (Å²) in [5, 5.41) is 13.5. The van der Waals surface area contributed by atoms with E-state index in [9.17, 15) is 17.8 Å². The third kappa shape index (κ3) is 3.19. The molecule has 0 bridgehead atoms. The normalized spacial score (nSPS) is 17.9. The Hall–Kier alpha value is -2.76. The Morgan fingerprint density at radius 3 is 2.50 bits per heavy atom. The lowest BCUT2D eigenvalue weighted by Crippen LogP contribution is -2.37. The van der Waals surface area contributed by atoms with Gasteiger partial charge in [-0.2, -0.15) is 28.8 Å². The first kappa shape index (κ1) is 18.0. The number of amides is 1. The molecule has 0 spiro atoms. The van der Waals surface area contributed by atoms with Crippen molar-refractivity contribution >= 4 is 55.5 Å². The zero-order chi connectivity index (χ0) is 19.1. The van der Waals surface area contributed by atoms with Gasteiger partial charge in [0.25, 0.3) is 16.0 Å². The van der Waals surface area contributed by atoms with Crippen LogP contribution in [0.2, 0.25) is 0 Å². The number of carbonyl (C=O) groups excluding carboxylic acids is 1. The lowest BCUT2D eigenvalue weighted by molar-refractivity contribution is -0.126. The first-order valence-electron chi connectivity index (χ1n) is 7.28. The van der Waals surface area contributed by atoms with Crippen LogP contribution >= 0.6 is 12.2 Å². The summed E-state index contributed by atoms with van der Waals surface area (Å²) in [4.78, 5) is 12.0. The van der Waals surface area contributed by atoms with Gasteiger partial charge in [0.1, 0.15) is 4.90 Å². The molecule has 1 aliphatic heterocycles. The summed E-state index contributed by atoms with van der Waals surface area (Å²) in [5.74, 6) is -0.516. The zero-order valence-corrected chi connectivity index (χ0v) is 15.0. The second-order valence-corrected chi connectivity index (χ2v) is 7.26. The molecule has 0 radical (unpaired) electrons. The smallest absolute Gasteiger partial charge is 0.295 e. The van der Waals surface area contributed by atoms with Crippen LogP contribution in [0.25, 0.3) is 10.8 Å². The fourth-order valence-electron chi connectivity index (χ4n) is 2.53. The molecule has 0 saturated carbocycles. The number of hydrogen-bond donors (Lipinski definition) is 2. The standard InChI is InChI=1S/C15H13N5O4S2/c1-8-13(14(21)20(19-8)15(16)25)18-17-11-6-7-12(26(22,23)24)10-5-3-2-4-9(10)11/h2-7,13H,1H3,(H2,16,25)(H,22,23,24)/t13-/m0/s1. The summed E-state index contributed by atoms with van der Waals surface area (Å²) in [6, 6.07) is 8.16. The number of carbonyl (C=O) groups is 1. The monoisotopic (exact) mass is 391 g/mol. The van der Waals surface area contributed by atoms with Gasteiger partial charge in [-0.25, -0.2) is 0 Å². The van der Waals surface area contributed by atoms with Crippen LogP contribution in [0.15, 0.2) is 56.6 Å². The van der Waals surface area contributed by atoms with Gasteiger partial charge >= 0.3 is 0 Å². The predicted molar refractivity (Wildman–Crippen MR) is 98.8 cm³/mol. The van der Waals surface area contributed by atoms with Gasteiger partial charge in [0.2, 0.25) is 0 Å². The third-order valence-corrected chi connectivity index (χ3v) is 4.81. The second-order valence-electron chi connectivity index (χ2n) is 5.45. The lowest BCUT2D eigenvalue weighted by atomic mass is 10.1. The van der Waals surface area contributed by atoms with Crippen molar-refractivity contribution in [3.05, 3.63) is 36.4 Å². The Bertz CT molecular complexity index is 1090. The van der Waals surface area contributed by atoms with E-state index in [1.165, 1.54) is 12.1 Å². The molecule has 9 nitrogen and oxygen atoms in total.